The fourth-order valence-electron chi connectivity index (χ4n) is 2.98. The van der Waals surface area contributed by atoms with Gasteiger partial charge in [-0.3, -0.25) is 9.59 Å². The number of allylic oxidation sites excluding steroid dienone is 1. The molecule has 1 aromatic carbocycles. The smallest absolute Gasteiger partial charge is 0.303 e. The summed E-state index contributed by atoms with van der Waals surface area (Å²) < 4.78 is 5.60. The molecular weight excluding hydrogens is 346 g/mol. The maximum atomic E-state index is 12.1. The Morgan fingerprint density at radius 2 is 1.96 bits per heavy atom. The van der Waals surface area contributed by atoms with Crippen LogP contribution in [0.1, 0.15) is 38.5 Å². The lowest BCUT2D eigenvalue weighted by Crippen LogP contribution is -2.34. The van der Waals surface area contributed by atoms with Gasteiger partial charge in [0.1, 0.15) is 11.5 Å². The molecule has 0 radical (unpaired) electrons. The van der Waals surface area contributed by atoms with E-state index in [0.29, 0.717) is 45.3 Å². The van der Waals surface area contributed by atoms with E-state index in [0.717, 1.165) is 5.75 Å². The molecule has 2 N–H and O–H groups in total. The molecule has 1 saturated heterocycles. The maximum absolute atomic E-state index is 12.1. The highest BCUT2D eigenvalue weighted by molar-refractivity contribution is 5.79. The number of aliphatic hydroxyl groups excluding tert-OH is 1. The molecule has 0 spiro atoms. The molecule has 0 bridgehead atoms. The largest absolute Gasteiger partial charge is 0.510 e. The second-order valence-electron chi connectivity index (χ2n) is 6.44. The Balaban J connectivity index is 1.77. The van der Waals surface area contributed by atoms with Crippen LogP contribution in [0.3, 0.4) is 0 Å². The van der Waals surface area contributed by atoms with Crippen molar-refractivity contribution in [2.24, 2.45) is 0 Å². The molecule has 0 unspecified atom stereocenters. The number of benzene rings is 1. The molecule has 0 aromatic heterocycles. The number of carboxylic acids is 1. The van der Waals surface area contributed by atoms with Crippen molar-refractivity contribution in [2.45, 2.75) is 44.6 Å². The molecule has 146 valence electrons. The Morgan fingerprint density at radius 3 is 2.70 bits per heavy atom. The minimum atomic E-state index is -0.801. The van der Waals surface area contributed by atoms with Crippen LogP contribution in [-0.4, -0.2) is 46.2 Å². The first kappa shape index (κ1) is 20.6. The van der Waals surface area contributed by atoms with Gasteiger partial charge in [-0.05, 0) is 37.5 Å². The average molecular weight is 373 g/mol. The Bertz CT molecular complexity index is 668. The molecule has 1 heterocycles. The van der Waals surface area contributed by atoms with Crippen molar-refractivity contribution in [3.05, 3.63) is 54.3 Å². The number of para-hydroxylation sites is 1. The molecule has 0 saturated carbocycles. The van der Waals surface area contributed by atoms with Gasteiger partial charge in [0.05, 0.1) is 12.6 Å². The monoisotopic (exact) mass is 373 g/mol. The normalized spacial score (nSPS) is 17.6. The van der Waals surface area contributed by atoms with Crippen LogP contribution in [0.2, 0.25) is 0 Å². The van der Waals surface area contributed by atoms with Gasteiger partial charge in [-0.2, -0.15) is 0 Å². The number of hydrogen-bond acceptors (Lipinski definition) is 4. The van der Waals surface area contributed by atoms with Crippen LogP contribution in [0.15, 0.2) is 54.3 Å². The van der Waals surface area contributed by atoms with Crippen LogP contribution < -0.4 is 4.74 Å². The fraction of sp³-hybridized carbons (Fsp3) is 0.429. The van der Waals surface area contributed by atoms with Gasteiger partial charge in [0.2, 0.25) is 5.91 Å². The number of carbonyl (C=O) groups is 2. The van der Waals surface area contributed by atoms with Crippen LogP contribution in [0.25, 0.3) is 0 Å². The van der Waals surface area contributed by atoms with E-state index in [2.05, 4.69) is 0 Å². The Morgan fingerprint density at radius 1 is 1.19 bits per heavy atom. The fourth-order valence-corrected chi connectivity index (χ4v) is 2.98. The van der Waals surface area contributed by atoms with E-state index >= 15 is 0 Å². The molecule has 1 aromatic rings. The van der Waals surface area contributed by atoms with Crippen molar-refractivity contribution in [1.29, 1.82) is 0 Å². The molecule has 0 aliphatic carbocycles. The van der Waals surface area contributed by atoms with Gasteiger partial charge in [0, 0.05) is 25.8 Å². The van der Waals surface area contributed by atoms with E-state index in [4.69, 9.17) is 9.84 Å². The van der Waals surface area contributed by atoms with Crippen molar-refractivity contribution in [3.8, 4) is 5.75 Å². The maximum Gasteiger partial charge on any atom is 0.303 e. The number of amides is 1. The lowest BCUT2D eigenvalue weighted by atomic mass is 10.1. The molecule has 6 heteroatoms. The van der Waals surface area contributed by atoms with Crippen LogP contribution in [0.5, 0.6) is 5.75 Å². The second-order valence-corrected chi connectivity index (χ2v) is 6.44. The summed E-state index contributed by atoms with van der Waals surface area (Å²) in [6.07, 6.45) is 8.45. The third-order valence-corrected chi connectivity index (χ3v) is 4.38. The van der Waals surface area contributed by atoms with Crippen LogP contribution in [-0.2, 0) is 9.59 Å². The summed E-state index contributed by atoms with van der Waals surface area (Å²) in [5.74, 6) is 0.216. The number of rotatable bonds is 11. The summed E-state index contributed by atoms with van der Waals surface area (Å²) in [6.45, 7) is 0.882. The predicted molar refractivity (Wildman–Crippen MR) is 103 cm³/mol. The van der Waals surface area contributed by atoms with Gasteiger partial charge < -0.3 is 19.8 Å². The lowest BCUT2D eigenvalue weighted by Gasteiger charge is -2.23. The number of aliphatic carboxylic acids is 1. The number of ether oxygens (including phenoxy) is 1. The number of hydrogen-bond donors (Lipinski definition) is 2. The molecule has 1 fully saturated rings. The first-order valence-electron chi connectivity index (χ1n) is 9.31. The molecular formula is C21H27NO5. The van der Waals surface area contributed by atoms with Crippen molar-refractivity contribution >= 4 is 11.9 Å². The number of likely N-dealkylation sites (tertiary alicyclic amines) is 1. The van der Waals surface area contributed by atoms with Gasteiger partial charge in [0.25, 0.3) is 0 Å². The summed E-state index contributed by atoms with van der Waals surface area (Å²) in [6, 6.07) is 9.19. The van der Waals surface area contributed by atoms with Gasteiger partial charge in [-0.1, -0.05) is 30.4 Å². The van der Waals surface area contributed by atoms with Crippen molar-refractivity contribution in [2.75, 3.05) is 13.2 Å². The van der Waals surface area contributed by atoms with Crippen LogP contribution >= 0.6 is 0 Å². The molecule has 1 aliphatic rings. The van der Waals surface area contributed by atoms with E-state index < -0.39 is 5.97 Å². The summed E-state index contributed by atoms with van der Waals surface area (Å²) in [4.78, 5) is 24.2. The van der Waals surface area contributed by atoms with Crippen molar-refractivity contribution in [1.82, 2.24) is 4.90 Å². The number of unbranched alkanes of at least 4 members (excludes halogenated alkanes) is 1. The average Bonchev–Trinajstić information content (AvgIpc) is 3.03. The minimum Gasteiger partial charge on any atom is -0.510 e. The Kier molecular flexibility index (Phi) is 8.42. The van der Waals surface area contributed by atoms with Crippen LogP contribution in [0, 0.1) is 0 Å². The Hall–Kier alpha value is -2.76. The summed E-state index contributed by atoms with van der Waals surface area (Å²) in [5, 5.41) is 19.0. The lowest BCUT2D eigenvalue weighted by molar-refractivity contribution is -0.137. The highest BCUT2D eigenvalue weighted by Crippen LogP contribution is 2.24. The third-order valence-electron chi connectivity index (χ3n) is 4.38. The topological polar surface area (TPSA) is 87.1 Å². The molecule has 1 aliphatic heterocycles. The van der Waals surface area contributed by atoms with E-state index in [1.165, 1.54) is 0 Å². The molecule has 6 nitrogen and oxygen atoms in total. The number of aliphatic hydroxyl groups is 1. The van der Waals surface area contributed by atoms with Crippen LogP contribution in [0.4, 0.5) is 0 Å². The first-order valence-corrected chi connectivity index (χ1v) is 9.31. The van der Waals surface area contributed by atoms with E-state index in [1.807, 2.05) is 42.5 Å². The molecule has 1 atom stereocenters. The standard InChI is InChI=1S/C21H27NO5/c23-19(11-8-16-27-17-9-4-3-5-10-17)18-13-14-20(24)22(18)15-7-2-1-6-12-21(25)26/h2-5,7,9-11,18,23H,1,6,8,12-16H2,(H,25,26)/t18-/m1/s1. The number of carbonyl (C=O) groups excluding carboxylic acids is 1. The SMILES string of the molecule is O=C(O)CCCC=CCN1C(=O)CC[C@@H]1C(O)=CCCOc1ccccc1. The molecule has 1 amide bonds. The van der Waals surface area contributed by atoms with Gasteiger partial charge >= 0.3 is 5.97 Å². The van der Waals surface area contributed by atoms with E-state index in [9.17, 15) is 14.7 Å². The Labute approximate surface area is 159 Å². The zero-order valence-electron chi connectivity index (χ0n) is 15.4. The number of carboxylic acid groups (broad SMARTS) is 1. The quantitative estimate of drug-likeness (QED) is 0.351. The highest BCUT2D eigenvalue weighted by Gasteiger charge is 2.32. The summed E-state index contributed by atoms with van der Waals surface area (Å²) >= 11 is 0. The zero-order valence-corrected chi connectivity index (χ0v) is 15.4. The third kappa shape index (κ3) is 7.17. The molecule has 2 rings (SSSR count). The highest BCUT2D eigenvalue weighted by atomic mass is 16.5. The second kappa shape index (κ2) is 11.1. The summed E-state index contributed by atoms with van der Waals surface area (Å²) in [7, 11) is 0. The summed E-state index contributed by atoms with van der Waals surface area (Å²) in [5.41, 5.74) is 0. The first-order chi connectivity index (χ1) is 13.1. The van der Waals surface area contributed by atoms with E-state index in [-0.39, 0.29) is 24.1 Å². The van der Waals surface area contributed by atoms with Gasteiger partial charge in [-0.15, -0.1) is 0 Å². The van der Waals surface area contributed by atoms with Gasteiger partial charge in [0.15, 0.2) is 0 Å². The van der Waals surface area contributed by atoms with E-state index in [1.54, 1.807) is 11.0 Å². The molecule has 27 heavy (non-hydrogen) atoms. The van der Waals surface area contributed by atoms with Gasteiger partial charge in [-0.25, -0.2) is 0 Å². The zero-order chi connectivity index (χ0) is 19.5. The predicted octanol–water partition coefficient (Wildman–Crippen LogP) is 3.70. The minimum absolute atomic E-state index is 0.0238. The van der Waals surface area contributed by atoms with Crippen molar-refractivity contribution < 1.29 is 24.5 Å². The van der Waals surface area contributed by atoms with Crippen molar-refractivity contribution in [3.63, 3.8) is 0 Å². The number of nitrogens with zero attached hydrogens (tertiary/aromatic N) is 1.